The molecule has 16 heavy (non-hydrogen) atoms. The number of benzene rings is 1. The van der Waals surface area contributed by atoms with E-state index < -0.39 is 12.1 Å². The Morgan fingerprint density at radius 2 is 2.12 bits per heavy atom. The highest BCUT2D eigenvalue weighted by atomic mass is 79.9. The van der Waals surface area contributed by atoms with Gasteiger partial charge in [-0.1, -0.05) is 12.5 Å². The van der Waals surface area contributed by atoms with Crippen LogP contribution >= 0.6 is 15.9 Å². The van der Waals surface area contributed by atoms with E-state index in [-0.39, 0.29) is 11.7 Å². The third-order valence-corrected chi connectivity index (χ3v) is 3.97. The average Bonchev–Trinajstić information content (AvgIpc) is 2.18. The highest BCUT2D eigenvalue weighted by molar-refractivity contribution is 9.10. The van der Waals surface area contributed by atoms with Gasteiger partial charge in [0.05, 0.1) is 16.6 Å². The first-order chi connectivity index (χ1) is 7.59. The van der Waals surface area contributed by atoms with E-state index in [1.165, 1.54) is 6.07 Å². The van der Waals surface area contributed by atoms with E-state index in [1.807, 2.05) is 0 Å². The molecule has 0 unspecified atom stereocenters. The maximum absolute atomic E-state index is 13.3. The largest absolute Gasteiger partial charge is 0.391 e. The molecule has 0 spiro atoms. The molecule has 0 radical (unpaired) electrons. The lowest BCUT2D eigenvalue weighted by Gasteiger charge is -2.33. The Hall–Kier alpha value is -0.450. The minimum Gasteiger partial charge on any atom is -0.391 e. The molecule has 1 fully saturated rings. The number of aliphatic hydroxyl groups excluding tert-OH is 1. The molecule has 2 nitrogen and oxygen atoms in total. The highest BCUT2D eigenvalue weighted by Gasteiger charge is 2.30. The lowest BCUT2D eigenvalue weighted by Crippen LogP contribution is -2.36. The Bertz CT molecular complexity index is 381. The van der Waals surface area contributed by atoms with Crippen molar-refractivity contribution in [2.24, 2.45) is 11.7 Å². The van der Waals surface area contributed by atoms with Crippen LogP contribution in [0.15, 0.2) is 22.7 Å². The topological polar surface area (TPSA) is 46.2 Å². The summed E-state index contributed by atoms with van der Waals surface area (Å²) in [5, 5.41) is 9.99. The molecule has 0 saturated heterocycles. The van der Waals surface area contributed by atoms with Gasteiger partial charge in [-0.15, -0.1) is 0 Å². The molecule has 0 aromatic heterocycles. The molecule has 2 atom stereocenters. The first-order valence-corrected chi connectivity index (χ1v) is 6.27. The highest BCUT2D eigenvalue weighted by Crippen LogP contribution is 2.34. The van der Waals surface area contributed by atoms with Crippen molar-refractivity contribution in [1.29, 1.82) is 0 Å². The summed E-state index contributed by atoms with van der Waals surface area (Å²) in [5.41, 5.74) is 6.59. The number of aliphatic hydroxyl groups is 1. The van der Waals surface area contributed by atoms with Gasteiger partial charge < -0.3 is 10.8 Å². The summed E-state index contributed by atoms with van der Waals surface area (Å²) in [6.07, 6.45) is 2.64. The lowest BCUT2D eigenvalue weighted by atomic mass is 9.77. The Kier molecular flexibility index (Phi) is 3.62. The normalized spacial score (nSPS) is 20.2. The molecule has 1 aromatic rings. The second kappa shape index (κ2) is 4.82. The average molecular weight is 288 g/mol. The van der Waals surface area contributed by atoms with Gasteiger partial charge in [0.15, 0.2) is 0 Å². The quantitative estimate of drug-likeness (QED) is 0.898. The van der Waals surface area contributed by atoms with E-state index in [9.17, 15) is 9.50 Å². The molecule has 1 aliphatic rings. The number of rotatable bonds is 3. The minimum atomic E-state index is -0.561. The predicted octanol–water partition coefficient (Wildman–Crippen LogP) is 2.75. The van der Waals surface area contributed by atoms with Gasteiger partial charge in [-0.3, -0.25) is 0 Å². The Morgan fingerprint density at radius 1 is 1.44 bits per heavy atom. The van der Waals surface area contributed by atoms with Crippen LogP contribution in [0.4, 0.5) is 4.39 Å². The van der Waals surface area contributed by atoms with Crippen molar-refractivity contribution in [2.75, 3.05) is 0 Å². The summed E-state index contributed by atoms with van der Waals surface area (Å²) in [6, 6.07) is 4.27. The fraction of sp³-hybridized carbons (Fsp3) is 0.500. The summed E-state index contributed by atoms with van der Waals surface area (Å²) >= 11 is 3.09. The van der Waals surface area contributed by atoms with Crippen LogP contribution in [0, 0.1) is 11.7 Å². The minimum absolute atomic E-state index is 0.279. The van der Waals surface area contributed by atoms with Crippen molar-refractivity contribution >= 4 is 15.9 Å². The van der Waals surface area contributed by atoms with E-state index in [4.69, 9.17) is 5.73 Å². The fourth-order valence-corrected chi connectivity index (χ4v) is 2.24. The van der Waals surface area contributed by atoms with Gasteiger partial charge in [-0.2, -0.15) is 0 Å². The smallest absolute Gasteiger partial charge is 0.137 e. The summed E-state index contributed by atoms with van der Waals surface area (Å²) < 4.78 is 13.7. The van der Waals surface area contributed by atoms with Crippen LogP contribution in [0.3, 0.4) is 0 Å². The molecule has 0 bridgehead atoms. The van der Waals surface area contributed by atoms with Crippen LogP contribution in [0.2, 0.25) is 0 Å². The number of halogens is 2. The zero-order valence-electron chi connectivity index (χ0n) is 8.87. The Balaban J connectivity index is 2.12. The zero-order valence-corrected chi connectivity index (χ0v) is 10.5. The molecule has 1 aliphatic carbocycles. The molecular weight excluding hydrogens is 273 g/mol. The van der Waals surface area contributed by atoms with Crippen molar-refractivity contribution < 1.29 is 9.50 Å². The van der Waals surface area contributed by atoms with E-state index in [0.29, 0.717) is 10.0 Å². The van der Waals surface area contributed by atoms with Crippen LogP contribution < -0.4 is 5.73 Å². The first kappa shape index (κ1) is 12.0. The molecule has 1 saturated carbocycles. The number of nitrogens with two attached hydrogens (primary N) is 1. The molecule has 1 aromatic carbocycles. The second-order valence-electron chi connectivity index (χ2n) is 4.38. The standard InChI is InChI=1S/C12H15BrFNO/c13-9-5-4-8(6-10(9)14)11(15)12(16)7-2-1-3-7/h4-7,11-12,16H,1-3,15H2/t11-,12+/m1/s1. The lowest BCUT2D eigenvalue weighted by molar-refractivity contribution is 0.0413. The van der Waals surface area contributed by atoms with Crippen LogP contribution in [0.25, 0.3) is 0 Å². The van der Waals surface area contributed by atoms with Crippen molar-refractivity contribution in [3.8, 4) is 0 Å². The maximum atomic E-state index is 13.3. The molecule has 2 rings (SSSR count). The Morgan fingerprint density at radius 3 is 2.62 bits per heavy atom. The third-order valence-electron chi connectivity index (χ3n) is 3.33. The van der Waals surface area contributed by atoms with Gasteiger partial charge in [-0.25, -0.2) is 4.39 Å². The fourth-order valence-electron chi connectivity index (χ4n) is 1.99. The molecule has 3 N–H and O–H groups in total. The van der Waals surface area contributed by atoms with Gasteiger partial charge in [0.1, 0.15) is 5.82 Å². The van der Waals surface area contributed by atoms with Gasteiger partial charge in [0.2, 0.25) is 0 Å². The van der Waals surface area contributed by atoms with Crippen molar-refractivity contribution in [1.82, 2.24) is 0 Å². The molecule has 0 aliphatic heterocycles. The number of hydrogen-bond donors (Lipinski definition) is 2. The summed E-state index contributed by atoms with van der Waals surface area (Å²) in [7, 11) is 0. The van der Waals surface area contributed by atoms with E-state index >= 15 is 0 Å². The third kappa shape index (κ3) is 2.29. The molecular formula is C12H15BrFNO. The summed E-state index contributed by atoms with van der Waals surface area (Å²) in [4.78, 5) is 0. The SMILES string of the molecule is N[C@H](c1ccc(Br)c(F)c1)[C@@H](O)C1CCC1. The van der Waals surface area contributed by atoms with E-state index in [0.717, 1.165) is 19.3 Å². The van der Waals surface area contributed by atoms with Crippen LogP contribution in [0.1, 0.15) is 30.9 Å². The maximum Gasteiger partial charge on any atom is 0.137 e. The van der Waals surface area contributed by atoms with E-state index in [2.05, 4.69) is 15.9 Å². The first-order valence-electron chi connectivity index (χ1n) is 5.48. The molecule has 0 heterocycles. The Labute approximate surface area is 103 Å². The van der Waals surface area contributed by atoms with Crippen LogP contribution in [-0.4, -0.2) is 11.2 Å². The van der Waals surface area contributed by atoms with Gasteiger partial charge in [0.25, 0.3) is 0 Å². The number of hydrogen-bond acceptors (Lipinski definition) is 2. The van der Waals surface area contributed by atoms with Crippen molar-refractivity contribution in [2.45, 2.75) is 31.4 Å². The second-order valence-corrected chi connectivity index (χ2v) is 5.24. The molecule has 4 heteroatoms. The molecule has 0 amide bonds. The van der Waals surface area contributed by atoms with Gasteiger partial charge in [0, 0.05) is 0 Å². The summed E-state index contributed by atoms with van der Waals surface area (Å²) in [5.74, 6) is -0.0598. The van der Waals surface area contributed by atoms with Gasteiger partial charge >= 0.3 is 0 Å². The molecule has 88 valence electrons. The summed E-state index contributed by atoms with van der Waals surface area (Å²) in [6.45, 7) is 0. The zero-order chi connectivity index (χ0) is 11.7. The van der Waals surface area contributed by atoms with E-state index in [1.54, 1.807) is 12.1 Å². The van der Waals surface area contributed by atoms with Crippen LogP contribution in [-0.2, 0) is 0 Å². The van der Waals surface area contributed by atoms with Crippen LogP contribution in [0.5, 0.6) is 0 Å². The predicted molar refractivity (Wildman–Crippen MR) is 64.4 cm³/mol. The van der Waals surface area contributed by atoms with Gasteiger partial charge in [-0.05, 0) is 52.4 Å². The monoisotopic (exact) mass is 287 g/mol. The van der Waals surface area contributed by atoms with Crippen molar-refractivity contribution in [3.05, 3.63) is 34.1 Å². The van der Waals surface area contributed by atoms with Crippen molar-refractivity contribution in [3.63, 3.8) is 0 Å².